The molecule has 1 aromatic rings. The Hall–Kier alpha value is -1.44. The van der Waals surface area contributed by atoms with Crippen LogP contribution in [-0.2, 0) is 0 Å². The average Bonchev–Trinajstić information content (AvgIpc) is 2.34. The van der Waals surface area contributed by atoms with Crippen molar-refractivity contribution in [3.63, 3.8) is 0 Å². The molecule has 0 aliphatic carbocycles. The van der Waals surface area contributed by atoms with Gasteiger partial charge in [0.2, 0.25) is 0 Å². The van der Waals surface area contributed by atoms with E-state index >= 15 is 0 Å². The van der Waals surface area contributed by atoms with Crippen molar-refractivity contribution in [2.24, 2.45) is 0 Å². The van der Waals surface area contributed by atoms with E-state index < -0.39 is 11.6 Å². The average molecular weight is 236 g/mol. The van der Waals surface area contributed by atoms with Gasteiger partial charge in [-0.05, 0) is 36.6 Å². The smallest absolute Gasteiger partial charge is 0.166 e. The maximum atomic E-state index is 13.6. The number of halogens is 2. The van der Waals surface area contributed by atoms with Crippen LogP contribution in [-0.4, -0.2) is 0 Å². The summed E-state index contributed by atoms with van der Waals surface area (Å²) >= 11 is 0. The Morgan fingerprint density at radius 2 is 1.94 bits per heavy atom. The third-order valence-corrected chi connectivity index (χ3v) is 2.70. The normalized spacial score (nSPS) is 14.5. The van der Waals surface area contributed by atoms with E-state index in [4.69, 9.17) is 0 Å². The zero-order chi connectivity index (χ0) is 12.8. The van der Waals surface area contributed by atoms with Gasteiger partial charge in [0, 0.05) is 5.22 Å². The SMILES string of the molecule is C/C=c1/c(F)c(F)cc/c1=C(/C=C/CC)CC. The predicted molar refractivity (Wildman–Crippen MR) is 68.9 cm³/mol. The fourth-order valence-electron chi connectivity index (χ4n) is 1.79. The van der Waals surface area contributed by atoms with Crippen molar-refractivity contribution >= 4 is 11.6 Å². The van der Waals surface area contributed by atoms with Gasteiger partial charge in [0.05, 0.1) is 0 Å². The van der Waals surface area contributed by atoms with Crippen LogP contribution in [0, 0.1) is 11.6 Å². The molecule has 0 aliphatic rings. The van der Waals surface area contributed by atoms with Crippen molar-refractivity contribution in [3.05, 3.63) is 46.4 Å². The zero-order valence-electron chi connectivity index (χ0n) is 10.6. The van der Waals surface area contributed by atoms with Crippen LogP contribution >= 0.6 is 0 Å². The van der Waals surface area contributed by atoms with Crippen LogP contribution in [0.3, 0.4) is 0 Å². The molecule has 0 fully saturated rings. The number of benzene rings is 1. The molecule has 1 aromatic carbocycles. The predicted octanol–water partition coefficient (Wildman–Crippen LogP) is 3.29. The van der Waals surface area contributed by atoms with E-state index in [1.807, 2.05) is 26.0 Å². The summed E-state index contributed by atoms with van der Waals surface area (Å²) in [5.41, 5.74) is 1.03. The molecule has 92 valence electrons. The highest BCUT2D eigenvalue weighted by atomic mass is 19.2. The summed E-state index contributed by atoms with van der Waals surface area (Å²) in [6.45, 7) is 5.77. The minimum atomic E-state index is -0.795. The van der Waals surface area contributed by atoms with E-state index in [0.29, 0.717) is 5.22 Å². The molecule has 0 saturated carbocycles. The largest absolute Gasteiger partial charge is 0.204 e. The van der Waals surface area contributed by atoms with Gasteiger partial charge in [-0.3, -0.25) is 0 Å². The van der Waals surface area contributed by atoms with Crippen LogP contribution in [0.25, 0.3) is 11.6 Å². The second-order valence-electron chi connectivity index (χ2n) is 3.80. The van der Waals surface area contributed by atoms with Gasteiger partial charge in [-0.25, -0.2) is 8.78 Å². The first-order valence-corrected chi connectivity index (χ1v) is 5.95. The van der Waals surface area contributed by atoms with E-state index in [0.717, 1.165) is 23.6 Å². The molecule has 0 saturated heterocycles. The molecule has 0 spiro atoms. The van der Waals surface area contributed by atoms with E-state index in [1.54, 1.807) is 19.1 Å². The van der Waals surface area contributed by atoms with Crippen molar-refractivity contribution in [1.29, 1.82) is 0 Å². The van der Waals surface area contributed by atoms with Crippen molar-refractivity contribution in [2.75, 3.05) is 0 Å². The summed E-state index contributed by atoms with van der Waals surface area (Å²) in [7, 11) is 0. The van der Waals surface area contributed by atoms with Gasteiger partial charge in [0.25, 0.3) is 0 Å². The standard InChI is InChI=1S/C15H18F2/c1-4-7-8-11(5-2)13-9-10-14(16)15(17)12(13)6-3/h6-10H,4-5H2,1-3H3/b8-7+,12-6+,13-11-. The van der Waals surface area contributed by atoms with Crippen LogP contribution in [0.5, 0.6) is 0 Å². The summed E-state index contributed by atoms with van der Waals surface area (Å²) < 4.78 is 26.8. The summed E-state index contributed by atoms with van der Waals surface area (Å²) in [5, 5.41) is 1.13. The highest BCUT2D eigenvalue weighted by Crippen LogP contribution is 2.03. The van der Waals surface area contributed by atoms with Crippen LogP contribution in [0.1, 0.15) is 33.6 Å². The van der Waals surface area contributed by atoms with Gasteiger partial charge in [0.1, 0.15) is 0 Å². The lowest BCUT2D eigenvalue weighted by Crippen LogP contribution is -2.30. The fraction of sp³-hybridized carbons (Fsp3) is 0.333. The Balaban J connectivity index is 3.65. The minimum absolute atomic E-state index is 0.350. The third-order valence-electron chi connectivity index (χ3n) is 2.70. The minimum Gasteiger partial charge on any atom is -0.204 e. The molecule has 0 radical (unpaired) electrons. The summed E-state index contributed by atoms with van der Waals surface area (Å²) in [5.74, 6) is -1.56. The molecule has 0 amide bonds. The molecule has 0 bridgehead atoms. The van der Waals surface area contributed by atoms with Crippen molar-refractivity contribution in [3.8, 4) is 0 Å². The first kappa shape index (κ1) is 13.6. The lowest BCUT2D eigenvalue weighted by atomic mass is 10.1. The third kappa shape index (κ3) is 3.02. The summed E-state index contributed by atoms with van der Waals surface area (Å²) in [6, 6.07) is 2.83. The lowest BCUT2D eigenvalue weighted by molar-refractivity contribution is 0.501. The van der Waals surface area contributed by atoms with E-state index in [-0.39, 0.29) is 0 Å². The number of hydrogen-bond acceptors (Lipinski definition) is 0. The molecule has 0 heterocycles. The Bertz CT molecular complexity index is 525. The van der Waals surface area contributed by atoms with E-state index in [2.05, 4.69) is 0 Å². The van der Waals surface area contributed by atoms with Gasteiger partial charge >= 0.3 is 0 Å². The molecule has 0 unspecified atom stereocenters. The Kier molecular flexibility index (Phi) is 5.08. The van der Waals surface area contributed by atoms with Gasteiger partial charge in [0.15, 0.2) is 11.6 Å². The zero-order valence-corrected chi connectivity index (χ0v) is 10.6. The van der Waals surface area contributed by atoms with Crippen molar-refractivity contribution < 1.29 is 8.78 Å². The summed E-state index contributed by atoms with van der Waals surface area (Å²) in [6.07, 6.45) is 7.35. The van der Waals surface area contributed by atoms with Crippen LogP contribution in [0.4, 0.5) is 8.78 Å². The number of allylic oxidation sites excluding steroid dienone is 2. The molecule has 0 nitrogen and oxygen atoms in total. The highest BCUT2D eigenvalue weighted by Gasteiger charge is 2.04. The first-order chi connectivity index (χ1) is 8.15. The topological polar surface area (TPSA) is 0 Å². The molecule has 17 heavy (non-hydrogen) atoms. The lowest BCUT2D eigenvalue weighted by Gasteiger charge is -2.01. The molecular formula is C15H18F2. The monoisotopic (exact) mass is 236 g/mol. The Labute approximate surface area is 101 Å². The van der Waals surface area contributed by atoms with Crippen molar-refractivity contribution in [1.82, 2.24) is 0 Å². The molecular weight excluding hydrogens is 218 g/mol. The number of hydrogen-bond donors (Lipinski definition) is 0. The second kappa shape index (κ2) is 6.33. The van der Waals surface area contributed by atoms with Gasteiger partial charge in [-0.15, -0.1) is 0 Å². The van der Waals surface area contributed by atoms with Gasteiger partial charge < -0.3 is 0 Å². The van der Waals surface area contributed by atoms with Crippen molar-refractivity contribution in [2.45, 2.75) is 33.6 Å². The second-order valence-corrected chi connectivity index (χ2v) is 3.80. The molecule has 0 N–H and O–H groups in total. The molecule has 0 atom stereocenters. The van der Waals surface area contributed by atoms with Gasteiger partial charge in [-0.1, -0.05) is 38.1 Å². The van der Waals surface area contributed by atoms with Gasteiger partial charge in [-0.2, -0.15) is 0 Å². The summed E-state index contributed by atoms with van der Waals surface area (Å²) in [4.78, 5) is 0. The van der Waals surface area contributed by atoms with Crippen LogP contribution in [0.2, 0.25) is 0 Å². The Morgan fingerprint density at radius 1 is 1.24 bits per heavy atom. The molecule has 1 rings (SSSR count). The van der Waals surface area contributed by atoms with Crippen LogP contribution < -0.4 is 10.4 Å². The Morgan fingerprint density at radius 3 is 2.47 bits per heavy atom. The maximum Gasteiger partial charge on any atom is 0.166 e. The fourth-order valence-corrected chi connectivity index (χ4v) is 1.79. The molecule has 0 aliphatic heterocycles. The first-order valence-electron chi connectivity index (χ1n) is 5.95. The van der Waals surface area contributed by atoms with E-state index in [1.165, 1.54) is 6.07 Å². The molecule has 2 heteroatoms. The highest BCUT2D eigenvalue weighted by molar-refractivity contribution is 5.56. The quantitative estimate of drug-likeness (QED) is 0.755. The number of rotatable bonds is 3. The van der Waals surface area contributed by atoms with E-state index in [9.17, 15) is 8.78 Å². The molecule has 0 aromatic heterocycles. The van der Waals surface area contributed by atoms with Crippen LogP contribution in [0.15, 0.2) is 24.3 Å². The maximum absolute atomic E-state index is 13.6.